The molecule has 1 aromatic heterocycles. The molecule has 1 aromatic carbocycles. The second-order valence-electron chi connectivity index (χ2n) is 7.17. The molecule has 2 heterocycles. The average molecular weight is 340 g/mol. The summed E-state index contributed by atoms with van der Waals surface area (Å²) in [7, 11) is 1.64. The van der Waals surface area contributed by atoms with Crippen molar-refractivity contribution in [2.45, 2.75) is 25.8 Å². The number of nitrogens with two attached hydrogens (primary N) is 1. The van der Waals surface area contributed by atoms with Gasteiger partial charge < -0.3 is 20.4 Å². The summed E-state index contributed by atoms with van der Waals surface area (Å²) in [5.41, 5.74) is 8.39. The number of nitrogens with zero attached hydrogens (tertiary/aromatic N) is 2. The van der Waals surface area contributed by atoms with Crippen molar-refractivity contribution in [1.82, 2.24) is 14.9 Å². The van der Waals surface area contributed by atoms with Crippen LogP contribution in [0.3, 0.4) is 0 Å². The molecular formula is C19H24N4O2. The number of amides is 1. The molecule has 1 aliphatic heterocycles. The Kier molecular flexibility index (Phi) is 4.00. The normalized spacial score (nSPS) is 25.2. The summed E-state index contributed by atoms with van der Waals surface area (Å²) < 4.78 is 5.27. The maximum absolute atomic E-state index is 13.0. The fraction of sp³-hybridized carbons (Fsp3) is 0.474. The molecule has 2 fully saturated rings. The number of fused-ring (bicyclic) bond motifs is 1. The third-order valence-corrected chi connectivity index (χ3v) is 5.63. The Balaban J connectivity index is 1.57. The van der Waals surface area contributed by atoms with Gasteiger partial charge in [0.15, 0.2) is 0 Å². The van der Waals surface area contributed by atoms with Gasteiger partial charge in [0.1, 0.15) is 17.3 Å². The lowest BCUT2D eigenvalue weighted by molar-refractivity contribution is 0.0773. The molecular weight excluding hydrogens is 316 g/mol. The first-order valence-electron chi connectivity index (χ1n) is 8.82. The zero-order chi connectivity index (χ0) is 17.6. The highest BCUT2D eigenvalue weighted by Crippen LogP contribution is 2.37. The molecule has 1 saturated carbocycles. The fourth-order valence-corrected chi connectivity index (χ4v) is 4.20. The Bertz CT molecular complexity index is 800. The number of H-pyrrole nitrogens is 1. The van der Waals surface area contributed by atoms with Gasteiger partial charge in [-0.05, 0) is 43.7 Å². The fourth-order valence-electron chi connectivity index (χ4n) is 4.20. The van der Waals surface area contributed by atoms with Crippen LogP contribution in [-0.4, -0.2) is 47.0 Å². The lowest BCUT2D eigenvalue weighted by Crippen LogP contribution is -2.34. The number of carbonyl (C=O) groups is 1. The number of aromatic amines is 1. The van der Waals surface area contributed by atoms with Crippen molar-refractivity contribution in [3.05, 3.63) is 35.7 Å². The quantitative estimate of drug-likeness (QED) is 0.897. The number of aryl methyl sites for hydroxylation is 1. The first-order chi connectivity index (χ1) is 12.1. The van der Waals surface area contributed by atoms with Crippen LogP contribution in [0.5, 0.6) is 5.75 Å². The van der Waals surface area contributed by atoms with Crippen molar-refractivity contribution in [2.24, 2.45) is 17.6 Å². The topological polar surface area (TPSA) is 84.2 Å². The van der Waals surface area contributed by atoms with E-state index in [2.05, 4.69) is 9.97 Å². The summed E-state index contributed by atoms with van der Waals surface area (Å²) >= 11 is 0. The van der Waals surface area contributed by atoms with Crippen LogP contribution in [-0.2, 0) is 0 Å². The van der Waals surface area contributed by atoms with Gasteiger partial charge in [0.2, 0.25) is 0 Å². The van der Waals surface area contributed by atoms with E-state index in [4.69, 9.17) is 10.5 Å². The highest BCUT2D eigenvalue weighted by Gasteiger charge is 2.43. The maximum atomic E-state index is 13.0. The monoisotopic (exact) mass is 340 g/mol. The third kappa shape index (κ3) is 2.80. The average Bonchev–Trinajstić information content (AvgIpc) is 3.30. The summed E-state index contributed by atoms with van der Waals surface area (Å²) in [6.07, 6.45) is 2.21. The minimum atomic E-state index is 0.00416. The zero-order valence-corrected chi connectivity index (χ0v) is 14.7. The number of carbonyl (C=O) groups excluding carboxylic acids is 1. The van der Waals surface area contributed by atoms with Gasteiger partial charge in [-0.15, -0.1) is 0 Å². The number of methoxy groups -OCH3 is 1. The van der Waals surface area contributed by atoms with Crippen molar-refractivity contribution in [2.75, 3.05) is 20.2 Å². The second-order valence-corrected chi connectivity index (χ2v) is 7.17. The van der Waals surface area contributed by atoms with Crippen LogP contribution in [0.25, 0.3) is 11.4 Å². The van der Waals surface area contributed by atoms with Crippen LogP contribution >= 0.6 is 0 Å². The predicted octanol–water partition coefficient (Wildman–Crippen LogP) is 2.20. The zero-order valence-electron chi connectivity index (χ0n) is 14.7. The Hall–Kier alpha value is -2.34. The molecule has 6 nitrogen and oxygen atoms in total. The lowest BCUT2D eigenvalue weighted by Gasteiger charge is -2.18. The van der Waals surface area contributed by atoms with Crippen molar-refractivity contribution in [1.29, 1.82) is 0 Å². The van der Waals surface area contributed by atoms with E-state index < -0.39 is 0 Å². The second kappa shape index (κ2) is 6.19. The van der Waals surface area contributed by atoms with E-state index in [0.717, 1.165) is 42.9 Å². The largest absolute Gasteiger partial charge is 0.497 e. The first kappa shape index (κ1) is 16.1. The molecule has 0 spiro atoms. The van der Waals surface area contributed by atoms with Crippen LogP contribution in [0.2, 0.25) is 0 Å². The number of hydrogen-bond donors (Lipinski definition) is 2. The number of ether oxygens (including phenoxy) is 1. The molecule has 1 aliphatic carbocycles. The Morgan fingerprint density at radius 3 is 2.96 bits per heavy atom. The highest BCUT2D eigenvalue weighted by molar-refractivity contribution is 5.94. The van der Waals surface area contributed by atoms with Gasteiger partial charge in [0.25, 0.3) is 5.91 Å². The number of benzene rings is 1. The van der Waals surface area contributed by atoms with Crippen molar-refractivity contribution in [3.63, 3.8) is 0 Å². The molecule has 132 valence electrons. The van der Waals surface area contributed by atoms with E-state index >= 15 is 0 Å². The van der Waals surface area contributed by atoms with Gasteiger partial charge in [-0.2, -0.15) is 0 Å². The van der Waals surface area contributed by atoms with E-state index in [0.29, 0.717) is 23.4 Å². The summed E-state index contributed by atoms with van der Waals surface area (Å²) in [6, 6.07) is 7.89. The van der Waals surface area contributed by atoms with Gasteiger partial charge in [-0.1, -0.05) is 12.1 Å². The molecule has 3 N–H and O–H groups in total. The maximum Gasteiger partial charge on any atom is 0.274 e. The summed E-state index contributed by atoms with van der Waals surface area (Å²) in [4.78, 5) is 22.7. The Morgan fingerprint density at radius 2 is 2.20 bits per heavy atom. The predicted molar refractivity (Wildman–Crippen MR) is 95.4 cm³/mol. The van der Waals surface area contributed by atoms with Gasteiger partial charge in [0, 0.05) is 30.4 Å². The number of nitrogens with one attached hydrogen (secondary N) is 1. The molecule has 2 aliphatic rings. The minimum Gasteiger partial charge on any atom is -0.497 e. The first-order valence-corrected chi connectivity index (χ1v) is 8.82. The standard InChI is InChI=1S/C19H24N4O2/c1-11-17(19(24)23-9-13-6-7-16(20)15(13)10-23)22-18(21-11)12-4-3-5-14(8-12)25-2/h3-5,8,13,15-16H,6-7,9-10,20H2,1-2H3,(H,21,22). The highest BCUT2D eigenvalue weighted by atomic mass is 16.5. The molecule has 1 saturated heterocycles. The van der Waals surface area contributed by atoms with Crippen LogP contribution in [0, 0.1) is 18.8 Å². The van der Waals surface area contributed by atoms with Gasteiger partial charge in [0.05, 0.1) is 7.11 Å². The van der Waals surface area contributed by atoms with E-state index in [9.17, 15) is 4.79 Å². The lowest BCUT2D eigenvalue weighted by atomic mass is 9.98. The molecule has 1 amide bonds. The summed E-state index contributed by atoms with van der Waals surface area (Å²) in [5, 5.41) is 0. The Morgan fingerprint density at radius 1 is 1.36 bits per heavy atom. The number of hydrogen-bond acceptors (Lipinski definition) is 4. The molecule has 4 rings (SSSR count). The van der Waals surface area contributed by atoms with E-state index in [1.165, 1.54) is 0 Å². The van der Waals surface area contributed by atoms with Crippen LogP contribution < -0.4 is 10.5 Å². The number of imidazole rings is 1. The van der Waals surface area contributed by atoms with Gasteiger partial charge >= 0.3 is 0 Å². The van der Waals surface area contributed by atoms with Gasteiger partial charge in [-0.25, -0.2) is 4.98 Å². The molecule has 3 atom stereocenters. The molecule has 0 radical (unpaired) electrons. The third-order valence-electron chi connectivity index (χ3n) is 5.63. The van der Waals surface area contributed by atoms with Crippen molar-refractivity contribution >= 4 is 5.91 Å². The van der Waals surface area contributed by atoms with Crippen LogP contribution in [0.4, 0.5) is 0 Å². The Labute approximate surface area is 147 Å². The number of likely N-dealkylation sites (tertiary alicyclic amines) is 1. The van der Waals surface area contributed by atoms with Gasteiger partial charge in [-0.3, -0.25) is 4.79 Å². The molecule has 6 heteroatoms. The van der Waals surface area contributed by atoms with Crippen LogP contribution in [0.15, 0.2) is 24.3 Å². The van der Waals surface area contributed by atoms with Crippen LogP contribution in [0.1, 0.15) is 29.0 Å². The molecule has 2 aromatic rings. The number of rotatable bonds is 3. The van der Waals surface area contributed by atoms with E-state index in [-0.39, 0.29) is 11.9 Å². The minimum absolute atomic E-state index is 0.00416. The smallest absolute Gasteiger partial charge is 0.274 e. The van der Waals surface area contributed by atoms with Crippen molar-refractivity contribution < 1.29 is 9.53 Å². The molecule has 3 unspecified atom stereocenters. The molecule has 0 bridgehead atoms. The van der Waals surface area contributed by atoms with E-state index in [1.54, 1.807) is 7.11 Å². The summed E-state index contributed by atoms with van der Waals surface area (Å²) in [5.74, 6) is 2.46. The van der Waals surface area contributed by atoms with E-state index in [1.807, 2.05) is 36.1 Å². The van der Waals surface area contributed by atoms with Crippen molar-refractivity contribution in [3.8, 4) is 17.1 Å². The molecule has 25 heavy (non-hydrogen) atoms. The SMILES string of the molecule is COc1cccc(-c2nc(C(=O)N3CC4CCC(N)C4C3)c(C)[nH]2)c1. The number of aromatic nitrogens is 2. The summed E-state index contributed by atoms with van der Waals surface area (Å²) in [6.45, 7) is 3.45.